The fraction of sp³-hybridized carbons (Fsp3) is 0.0833. The molecule has 0 fully saturated rings. The molecule has 0 aliphatic rings. The van der Waals surface area contributed by atoms with Crippen LogP contribution >= 0.6 is 22.7 Å². The second kappa shape index (κ2) is 5.63. The number of hydrogen-bond donors (Lipinski definition) is 0. The average molecular weight is 236 g/mol. The molecule has 2 heterocycles. The predicted octanol–water partition coefficient (Wildman–Crippen LogP) is 4.34. The smallest absolute Gasteiger partial charge is 0.195 e. The molecule has 3 heteroatoms. The van der Waals surface area contributed by atoms with Crippen molar-refractivity contribution in [3.63, 3.8) is 0 Å². The molecule has 0 saturated carbocycles. The van der Waals surface area contributed by atoms with Gasteiger partial charge in [0.2, 0.25) is 0 Å². The lowest BCUT2D eigenvalue weighted by atomic mass is 10.3. The highest BCUT2D eigenvalue weighted by molar-refractivity contribution is 7.12. The predicted molar refractivity (Wildman–Crippen MR) is 68.7 cm³/mol. The van der Waals surface area contributed by atoms with Gasteiger partial charge in [-0.3, -0.25) is 4.79 Å². The third kappa shape index (κ3) is 3.15. The Hall–Kier alpha value is -1.19. The van der Waals surface area contributed by atoms with Gasteiger partial charge in [0.25, 0.3) is 0 Å². The van der Waals surface area contributed by atoms with E-state index in [4.69, 9.17) is 0 Å². The van der Waals surface area contributed by atoms with E-state index in [1.165, 1.54) is 11.3 Å². The first-order valence-corrected chi connectivity index (χ1v) is 5.91. The molecule has 15 heavy (non-hydrogen) atoms. The van der Waals surface area contributed by atoms with E-state index in [9.17, 15) is 4.79 Å². The summed E-state index contributed by atoms with van der Waals surface area (Å²) in [7, 11) is 0. The van der Waals surface area contributed by atoms with Crippen LogP contribution in [0.4, 0.5) is 0 Å². The molecule has 0 amide bonds. The second-order valence-electron chi connectivity index (χ2n) is 2.69. The van der Waals surface area contributed by atoms with Gasteiger partial charge in [-0.2, -0.15) is 0 Å². The first-order valence-electron chi connectivity index (χ1n) is 4.16. The molecule has 0 atom stereocenters. The Balaban J connectivity index is 0.00000112. The molecule has 0 saturated heterocycles. The second-order valence-corrected chi connectivity index (χ2v) is 4.62. The Labute approximate surface area is 97.7 Å². The molecule has 0 aliphatic carbocycles. The number of carbonyl (C=O) groups is 1. The molecule has 0 aromatic carbocycles. The first-order chi connectivity index (χ1) is 6.86. The van der Waals surface area contributed by atoms with Gasteiger partial charge in [-0.25, -0.2) is 0 Å². The van der Waals surface area contributed by atoms with Gasteiger partial charge in [-0.1, -0.05) is 19.6 Å². The Morgan fingerprint density at radius 3 is 2.47 bits per heavy atom. The highest BCUT2D eigenvalue weighted by Crippen LogP contribution is 2.13. The van der Waals surface area contributed by atoms with E-state index >= 15 is 0 Å². The van der Waals surface area contributed by atoms with Gasteiger partial charge < -0.3 is 0 Å². The molecule has 0 radical (unpaired) electrons. The summed E-state index contributed by atoms with van der Waals surface area (Å²) in [6.07, 6.45) is 3.48. The number of carbonyl (C=O) groups excluding carboxylic acids is 1. The minimum Gasteiger partial charge on any atom is -0.288 e. The maximum atomic E-state index is 11.5. The molecule has 2 aromatic rings. The maximum absolute atomic E-state index is 11.5. The topological polar surface area (TPSA) is 17.1 Å². The van der Waals surface area contributed by atoms with Crippen molar-refractivity contribution in [2.75, 3.05) is 0 Å². The molecule has 78 valence electrons. The van der Waals surface area contributed by atoms with Crippen LogP contribution < -0.4 is 0 Å². The van der Waals surface area contributed by atoms with Crippen LogP contribution in [0.2, 0.25) is 0 Å². The molecule has 0 spiro atoms. The molecule has 1 nitrogen and oxygen atoms in total. The molecular formula is C12H12OS2. The number of rotatable bonds is 3. The number of thiophene rings is 2. The minimum absolute atomic E-state index is 0. The van der Waals surface area contributed by atoms with E-state index in [2.05, 4.69) is 0 Å². The first kappa shape index (κ1) is 11.9. The van der Waals surface area contributed by atoms with Crippen molar-refractivity contribution in [1.29, 1.82) is 0 Å². The number of allylic oxidation sites excluding steroid dienone is 1. The monoisotopic (exact) mass is 236 g/mol. The average Bonchev–Trinajstić information content (AvgIpc) is 2.87. The van der Waals surface area contributed by atoms with Crippen LogP contribution in [0.25, 0.3) is 6.08 Å². The summed E-state index contributed by atoms with van der Waals surface area (Å²) < 4.78 is 0. The Kier molecular flexibility index (Phi) is 4.46. The summed E-state index contributed by atoms with van der Waals surface area (Å²) in [5.41, 5.74) is 0. The van der Waals surface area contributed by atoms with Crippen molar-refractivity contribution < 1.29 is 4.79 Å². The maximum Gasteiger partial charge on any atom is 0.195 e. The summed E-state index contributed by atoms with van der Waals surface area (Å²) >= 11 is 3.10. The van der Waals surface area contributed by atoms with Crippen molar-refractivity contribution >= 4 is 34.5 Å². The standard InChI is InChI=1S/C11H8OS2.CH4/c12-10(11-4-2-8-14-11)6-5-9-3-1-7-13-9;/h1-8H;1H4/b6-5+;. The molecule has 0 unspecified atom stereocenters. The summed E-state index contributed by atoms with van der Waals surface area (Å²) in [4.78, 5) is 13.4. The summed E-state index contributed by atoms with van der Waals surface area (Å²) in [5, 5.41) is 3.90. The van der Waals surface area contributed by atoms with E-state index in [0.29, 0.717) is 0 Å². The van der Waals surface area contributed by atoms with Crippen LogP contribution in [0.15, 0.2) is 41.1 Å². The zero-order chi connectivity index (χ0) is 9.80. The zero-order valence-electron chi connectivity index (χ0n) is 7.34. The van der Waals surface area contributed by atoms with Crippen molar-refractivity contribution in [3.05, 3.63) is 50.9 Å². The fourth-order valence-corrected chi connectivity index (χ4v) is 2.31. The van der Waals surface area contributed by atoms with Crippen LogP contribution in [0.5, 0.6) is 0 Å². The van der Waals surface area contributed by atoms with E-state index in [0.717, 1.165) is 9.75 Å². The molecule has 2 rings (SSSR count). The largest absolute Gasteiger partial charge is 0.288 e. The number of ketones is 1. The van der Waals surface area contributed by atoms with E-state index in [1.54, 1.807) is 17.4 Å². The van der Waals surface area contributed by atoms with Gasteiger partial charge in [-0.15, -0.1) is 22.7 Å². The molecule has 0 aliphatic heterocycles. The highest BCUT2D eigenvalue weighted by atomic mass is 32.1. The number of hydrogen-bond acceptors (Lipinski definition) is 3. The minimum atomic E-state index is 0. The zero-order valence-corrected chi connectivity index (χ0v) is 8.98. The van der Waals surface area contributed by atoms with Crippen LogP contribution in [0.3, 0.4) is 0 Å². The third-order valence-electron chi connectivity index (χ3n) is 1.71. The quantitative estimate of drug-likeness (QED) is 0.572. The fourth-order valence-electron chi connectivity index (χ4n) is 1.04. The summed E-state index contributed by atoms with van der Waals surface area (Å²) in [6, 6.07) is 7.69. The van der Waals surface area contributed by atoms with Gasteiger partial charge in [0.1, 0.15) is 0 Å². The van der Waals surface area contributed by atoms with Gasteiger partial charge in [-0.05, 0) is 35.0 Å². The lowest BCUT2D eigenvalue weighted by Gasteiger charge is -1.86. The lowest BCUT2D eigenvalue weighted by molar-refractivity contribution is 0.105. The van der Waals surface area contributed by atoms with E-state index in [1.807, 2.05) is 41.1 Å². The molecule has 0 N–H and O–H groups in total. The van der Waals surface area contributed by atoms with E-state index in [-0.39, 0.29) is 13.2 Å². The molecular weight excluding hydrogens is 224 g/mol. The molecule has 0 bridgehead atoms. The summed E-state index contributed by atoms with van der Waals surface area (Å²) in [5.74, 6) is 0.0772. The van der Waals surface area contributed by atoms with Crippen molar-refractivity contribution in [3.8, 4) is 0 Å². The van der Waals surface area contributed by atoms with Gasteiger partial charge in [0, 0.05) is 4.88 Å². The van der Waals surface area contributed by atoms with Crippen LogP contribution in [-0.2, 0) is 0 Å². The van der Waals surface area contributed by atoms with Crippen molar-refractivity contribution in [1.82, 2.24) is 0 Å². The van der Waals surface area contributed by atoms with Gasteiger partial charge >= 0.3 is 0 Å². The van der Waals surface area contributed by atoms with Crippen LogP contribution in [0.1, 0.15) is 22.0 Å². The summed E-state index contributed by atoms with van der Waals surface area (Å²) in [6.45, 7) is 0. The van der Waals surface area contributed by atoms with Crippen molar-refractivity contribution in [2.45, 2.75) is 7.43 Å². The third-order valence-corrected chi connectivity index (χ3v) is 3.43. The van der Waals surface area contributed by atoms with E-state index < -0.39 is 0 Å². The Morgan fingerprint density at radius 1 is 1.13 bits per heavy atom. The van der Waals surface area contributed by atoms with Crippen LogP contribution in [0, 0.1) is 0 Å². The van der Waals surface area contributed by atoms with Crippen molar-refractivity contribution in [2.24, 2.45) is 0 Å². The van der Waals surface area contributed by atoms with Crippen LogP contribution in [-0.4, -0.2) is 5.78 Å². The highest BCUT2D eigenvalue weighted by Gasteiger charge is 2.01. The normalized spacial score (nSPS) is 10.1. The lowest BCUT2D eigenvalue weighted by Crippen LogP contribution is -1.87. The Morgan fingerprint density at radius 2 is 1.87 bits per heavy atom. The Bertz CT molecular complexity index is 424. The molecule has 2 aromatic heterocycles. The van der Waals surface area contributed by atoms with Gasteiger partial charge in [0.15, 0.2) is 5.78 Å². The SMILES string of the molecule is C.O=C(/C=C/c1cccs1)c1cccs1. The van der Waals surface area contributed by atoms with Gasteiger partial charge in [0.05, 0.1) is 4.88 Å².